The maximum atomic E-state index is 10.3. The first-order valence-corrected chi connectivity index (χ1v) is 2.41. The molecule has 11 heavy (non-hydrogen) atoms. The van der Waals surface area contributed by atoms with Crippen LogP contribution in [0.1, 0.15) is 0 Å². The SMILES string of the molecule is C=CC(=O)NCCN.Cl.Cl.Cl. The molecule has 70 valence electrons. The van der Waals surface area contributed by atoms with E-state index in [9.17, 15) is 4.79 Å². The standard InChI is InChI=1S/C5H10N2O.3ClH/c1-2-5(8)7-4-3-6;;;/h2H,1,3-4,6H2,(H,7,8);3*1H. The highest BCUT2D eigenvalue weighted by Gasteiger charge is 1.86. The van der Waals surface area contributed by atoms with Gasteiger partial charge in [0.05, 0.1) is 0 Å². The fraction of sp³-hybridized carbons (Fsp3) is 0.400. The molecule has 3 N–H and O–H groups in total. The number of hydrogen-bond acceptors (Lipinski definition) is 2. The monoisotopic (exact) mass is 222 g/mol. The summed E-state index contributed by atoms with van der Waals surface area (Å²) in [6.45, 7) is 4.25. The molecular formula is C5H13Cl3N2O. The van der Waals surface area contributed by atoms with Crippen molar-refractivity contribution in [3.63, 3.8) is 0 Å². The molecule has 0 aromatic rings. The molecule has 0 aliphatic carbocycles. The number of carbonyl (C=O) groups excluding carboxylic acids is 1. The van der Waals surface area contributed by atoms with Gasteiger partial charge >= 0.3 is 0 Å². The first-order valence-electron chi connectivity index (χ1n) is 2.41. The quantitative estimate of drug-likeness (QED) is 0.685. The van der Waals surface area contributed by atoms with Crippen LogP contribution in [0.2, 0.25) is 0 Å². The molecule has 0 aliphatic rings. The minimum Gasteiger partial charge on any atom is -0.351 e. The second-order valence-corrected chi connectivity index (χ2v) is 1.28. The third kappa shape index (κ3) is 17.8. The van der Waals surface area contributed by atoms with Crippen LogP contribution in [-0.4, -0.2) is 19.0 Å². The molecule has 6 heteroatoms. The third-order valence-corrected chi connectivity index (χ3v) is 0.629. The van der Waals surface area contributed by atoms with Crippen LogP contribution in [0.4, 0.5) is 0 Å². The summed E-state index contributed by atoms with van der Waals surface area (Å²) in [6.07, 6.45) is 1.22. The third-order valence-electron chi connectivity index (χ3n) is 0.629. The van der Waals surface area contributed by atoms with E-state index in [0.29, 0.717) is 13.1 Å². The van der Waals surface area contributed by atoms with Gasteiger partial charge in [0.15, 0.2) is 0 Å². The van der Waals surface area contributed by atoms with Crippen LogP contribution in [0.15, 0.2) is 12.7 Å². The van der Waals surface area contributed by atoms with E-state index in [0.717, 1.165) is 0 Å². The van der Waals surface area contributed by atoms with E-state index < -0.39 is 0 Å². The van der Waals surface area contributed by atoms with Crippen LogP contribution < -0.4 is 11.1 Å². The van der Waals surface area contributed by atoms with Gasteiger partial charge in [-0.1, -0.05) is 6.58 Å². The molecule has 0 saturated carbocycles. The smallest absolute Gasteiger partial charge is 0.243 e. The summed E-state index contributed by atoms with van der Waals surface area (Å²) >= 11 is 0. The molecule has 0 heterocycles. The fourth-order valence-corrected chi connectivity index (χ4v) is 0.268. The summed E-state index contributed by atoms with van der Waals surface area (Å²) in [5.74, 6) is -0.171. The van der Waals surface area contributed by atoms with Gasteiger partial charge in [-0.2, -0.15) is 0 Å². The minimum atomic E-state index is -0.171. The Morgan fingerprint density at radius 3 is 2.18 bits per heavy atom. The highest BCUT2D eigenvalue weighted by molar-refractivity contribution is 5.86. The molecular weight excluding hydrogens is 210 g/mol. The lowest BCUT2D eigenvalue weighted by molar-refractivity contribution is -0.116. The van der Waals surface area contributed by atoms with Gasteiger partial charge in [-0.05, 0) is 6.08 Å². The van der Waals surface area contributed by atoms with E-state index in [2.05, 4.69) is 11.9 Å². The van der Waals surface area contributed by atoms with E-state index in [1.165, 1.54) is 6.08 Å². The van der Waals surface area contributed by atoms with Crippen molar-refractivity contribution in [1.29, 1.82) is 0 Å². The van der Waals surface area contributed by atoms with E-state index in [-0.39, 0.29) is 43.1 Å². The number of hydrogen-bond donors (Lipinski definition) is 2. The maximum Gasteiger partial charge on any atom is 0.243 e. The van der Waals surface area contributed by atoms with Gasteiger partial charge in [0.2, 0.25) is 5.91 Å². The van der Waals surface area contributed by atoms with Crippen LogP contribution in [0.5, 0.6) is 0 Å². The average Bonchev–Trinajstić information content (AvgIpc) is 1.83. The summed E-state index contributed by atoms with van der Waals surface area (Å²) in [7, 11) is 0. The Kier molecular flexibility index (Phi) is 33.8. The second-order valence-electron chi connectivity index (χ2n) is 1.28. The lowest BCUT2D eigenvalue weighted by Gasteiger charge is -1.94. The molecule has 0 unspecified atom stereocenters. The number of nitrogens with one attached hydrogen (secondary N) is 1. The van der Waals surface area contributed by atoms with E-state index >= 15 is 0 Å². The van der Waals surface area contributed by atoms with Crippen LogP contribution in [-0.2, 0) is 4.79 Å². The summed E-state index contributed by atoms with van der Waals surface area (Å²) in [5.41, 5.74) is 5.08. The fourth-order valence-electron chi connectivity index (χ4n) is 0.268. The zero-order chi connectivity index (χ0) is 6.41. The Hall–Kier alpha value is 0.0400. The number of amides is 1. The number of rotatable bonds is 3. The average molecular weight is 224 g/mol. The molecule has 0 fully saturated rings. The van der Waals surface area contributed by atoms with Crippen molar-refractivity contribution < 1.29 is 4.79 Å². The predicted molar refractivity (Wildman–Crippen MR) is 54.0 cm³/mol. The molecule has 0 saturated heterocycles. The zero-order valence-electron chi connectivity index (χ0n) is 5.91. The normalized spacial score (nSPS) is 5.91. The largest absolute Gasteiger partial charge is 0.351 e. The second kappa shape index (κ2) is 16.6. The van der Waals surface area contributed by atoms with Crippen molar-refractivity contribution in [2.45, 2.75) is 0 Å². The minimum absolute atomic E-state index is 0. The summed E-state index contributed by atoms with van der Waals surface area (Å²) in [5, 5.41) is 2.50. The first-order chi connectivity index (χ1) is 3.81. The van der Waals surface area contributed by atoms with Gasteiger partial charge in [-0.3, -0.25) is 4.79 Å². The first kappa shape index (κ1) is 22.5. The Morgan fingerprint density at radius 1 is 1.45 bits per heavy atom. The van der Waals surface area contributed by atoms with Gasteiger partial charge in [0, 0.05) is 13.1 Å². The Morgan fingerprint density at radius 2 is 1.91 bits per heavy atom. The van der Waals surface area contributed by atoms with E-state index in [1.54, 1.807) is 0 Å². The van der Waals surface area contributed by atoms with Crippen molar-refractivity contribution in [2.75, 3.05) is 13.1 Å². The summed E-state index contributed by atoms with van der Waals surface area (Å²) < 4.78 is 0. The lowest BCUT2D eigenvalue weighted by atomic mass is 10.5. The molecule has 0 bridgehead atoms. The molecule has 0 spiro atoms. The summed E-state index contributed by atoms with van der Waals surface area (Å²) in [4.78, 5) is 10.3. The van der Waals surface area contributed by atoms with Crippen molar-refractivity contribution in [1.82, 2.24) is 5.32 Å². The van der Waals surface area contributed by atoms with Gasteiger partial charge < -0.3 is 11.1 Å². The molecule has 0 aromatic heterocycles. The van der Waals surface area contributed by atoms with Crippen molar-refractivity contribution >= 4 is 43.1 Å². The van der Waals surface area contributed by atoms with Crippen molar-refractivity contribution in [2.24, 2.45) is 5.73 Å². The van der Waals surface area contributed by atoms with Crippen LogP contribution in [0.3, 0.4) is 0 Å². The Bertz CT molecular complexity index is 99.7. The molecule has 1 amide bonds. The Labute approximate surface area is 85.0 Å². The zero-order valence-corrected chi connectivity index (χ0v) is 8.36. The maximum absolute atomic E-state index is 10.3. The predicted octanol–water partition coefficient (Wildman–Crippen LogP) is 0.513. The lowest BCUT2D eigenvalue weighted by Crippen LogP contribution is -2.27. The van der Waals surface area contributed by atoms with Gasteiger partial charge in [0.1, 0.15) is 0 Å². The summed E-state index contributed by atoms with van der Waals surface area (Å²) in [6, 6.07) is 0. The molecule has 0 atom stereocenters. The number of nitrogens with two attached hydrogens (primary N) is 1. The van der Waals surface area contributed by atoms with Crippen molar-refractivity contribution in [3.05, 3.63) is 12.7 Å². The van der Waals surface area contributed by atoms with Gasteiger partial charge in [-0.25, -0.2) is 0 Å². The molecule has 0 aliphatic heterocycles. The number of halogens is 3. The van der Waals surface area contributed by atoms with E-state index in [4.69, 9.17) is 5.73 Å². The van der Waals surface area contributed by atoms with Crippen molar-refractivity contribution in [3.8, 4) is 0 Å². The van der Waals surface area contributed by atoms with Gasteiger partial charge in [-0.15, -0.1) is 37.2 Å². The Balaban J connectivity index is -0.0000000817. The highest BCUT2D eigenvalue weighted by Crippen LogP contribution is 1.61. The molecule has 0 radical (unpaired) electrons. The number of carbonyl (C=O) groups is 1. The van der Waals surface area contributed by atoms with Crippen LogP contribution in [0.25, 0.3) is 0 Å². The van der Waals surface area contributed by atoms with Gasteiger partial charge in [0.25, 0.3) is 0 Å². The topological polar surface area (TPSA) is 55.1 Å². The van der Waals surface area contributed by atoms with Crippen LogP contribution >= 0.6 is 37.2 Å². The van der Waals surface area contributed by atoms with E-state index in [1.807, 2.05) is 0 Å². The molecule has 0 rings (SSSR count). The molecule has 0 aromatic carbocycles. The molecule has 3 nitrogen and oxygen atoms in total. The van der Waals surface area contributed by atoms with Crippen LogP contribution in [0, 0.1) is 0 Å². The highest BCUT2D eigenvalue weighted by atomic mass is 35.5.